The number of nitriles is 1. The van der Waals surface area contributed by atoms with E-state index in [0.717, 1.165) is 5.56 Å². The molecule has 1 heterocycles. The summed E-state index contributed by atoms with van der Waals surface area (Å²) >= 11 is 0. The molecule has 1 aromatic heterocycles. The normalized spacial score (nSPS) is 10.3. The standard InChI is InChI=1S/C20H19N3O2/c1-14-7-9-15(10-8-14)13-23-16(12-21)11-17(22)20(23)25-19-6-4-3-5-18(19)24-2/h3-11H,13,22H2,1-2H3. The summed E-state index contributed by atoms with van der Waals surface area (Å²) in [6, 6.07) is 19.3. The highest BCUT2D eigenvalue weighted by atomic mass is 16.5. The zero-order valence-corrected chi connectivity index (χ0v) is 14.2. The Hall–Kier alpha value is -3.39. The molecule has 0 aliphatic heterocycles. The number of aromatic nitrogens is 1. The minimum atomic E-state index is 0.412. The van der Waals surface area contributed by atoms with E-state index in [1.807, 2.05) is 49.4 Å². The lowest BCUT2D eigenvalue weighted by Crippen LogP contribution is -2.05. The van der Waals surface area contributed by atoms with Crippen LogP contribution in [0.2, 0.25) is 0 Å². The van der Waals surface area contributed by atoms with Gasteiger partial charge in [0.2, 0.25) is 5.88 Å². The number of rotatable bonds is 5. The lowest BCUT2D eigenvalue weighted by atomic mass is 10.1. The average Bonchev–Trinajstić information content (AvgIpc) is 2.92. The molecule has 3 aromatic rings. The lowest BCUT2D eigenvalue weighted by molar-refractivity contribution is 0.368. The first-order chi connectivity index (χ1) is 12.1. The third-order valence-electron chi connectivity index (χ3n) is 3.93. The number of nitrogens with zero attached hydrogens (tertiary/aromatic N) is 2. The molecule has 5 heteroatoms. The van der Waals surface area contributed by atoms with Crippen LogP contribution in [0.3, 0.4) is 0 Å². The quantitative estimate of drug-likeness (QED) is 0.763. The highest BCUT2D eigenvalue weighted by molar-refractivity contribution is 5.57. The Morgan fingerprint density at radius 3 is 2.40 bits per heavy atom. The zero-order valence-electron chi connectivity index (χ0n) is 14.2. The van der Waals surface area contributed by atoms with E-state index in [1.54, 1.807) is 23.8 Å². The Kier molecular flexibility index (Phi) is 4.62. The molecule has 0 bridgehead atoms. The molecule has 25 heavy (non-hydrogen) atoms. The minimum Gasteiger partial charge on any atom is -0.493 e. The molecule has 2 aromatic carbocycles. The van der Waals surface area contributed by atoms with Crippen molar-refractivity contribution in [1.29, 1.82) is 5.26 Å². The van der Waals surface area contributed by atoms with E-state index < -0.39 is 0 Å². The average molecular weight is 333 g/mol. The summed E-state index contributed by atoms with van der Waals surface area (Å²) in [6.45, 7) is 2.53. The second-order valence-corrected chi connectivity index (χ2v) is 5.73. The minimum absolute atomic E-state index is 0.412. The third kappa shape index (κ3) is 3.43. The number of aryl methyl sites for hydroxylation is 1. The molecule has 126 valence electrons. The first kappa shape index (κ1) is 16.5. The zero-order chi connectivity index (χ0) is 17.8. The Morgan fingerprint density at radius 1 is 1.08 bits per heavy atom. The number of ether oxygens (including phenoxy) is 2. The highest BCUT2D eigenvalue weighted by Gasteiger charge is 2.17. The molecule has 0 atom stereocenters. The van der Waals surface area contributed by atoms with Gasteiger partial charge in [0.1, 0.15) is 11.8 Å². The summed E-state index contributed by atoms with van der Waals surface area (Å²) in [4.78, 5) is 0. The molecule has 2 N–H and O–H groups in total. The molecular formula is C20H19N3O2. The number of hydrogen-bond acceptors (Lipinski definition) is 4. The number of para-hydroxylation sites is 2. The van der Waals surface area contributed by atoms with Crippen LogP contribution < -0.4 is 15.2 Å². The number of hydrogen-bond donors (Lipinski definition) is 1. The first-order valence-electron chi connectivity index (χ1n) is 7.88. The predicted octanol–water partition coefficient (Wildman–Crippen LogP) is 4.10. The van der Waals surface area contributed by atoms with Crippen LogP contribution in [0.1, 0.15) is 16.8 Å². The van der Waals surface area contributed by atoms with Crippen molar-refractivity contribution in [3.8, 4) is 23.4 Å². The smallest absolute Gasteiger partial charge is 0.224 e. The number of nitrogens with two attached hydrogens (primary N) is 1. The molecule has 0 unspecified atom stereocenters. The second kappa shape index (κ2) is 7.02. The number of nitrogen functional groups attached to an aromatic ring is 1. The SMILES string of the molecule is COc1ccccc1Oc1c(N)cc(C#N)n1Cc1ccc(C)cc1. The van der Waals surface area contributed by atoms with Crippen LogP contribution in [0.25, 0.3) is 0 Å². The summed E-state index contributed by atoms with van der Waals surface area (Å²) in [5.74, 6) is 1.58. The van der Waals surface area contributed by atoms with Crippen molar-refractivity contribution < 1.29 is 9.47 Å². The van der Waals surface area contributed by atoms with Crippen molar-refractivity contribution in [3.05, 3.63) is 71.4 Å². The van der Waals surface area contributed by atoms with E-state index in [0.29, 0.717) is 35.3 Å². The van der Waals surface area contributed by atoms with Gasteiger partial charge in [-0.1, -0.05) is 42.0 Å². The van der Waals surface area contributed by atoms with Gasteiger partial charge in [0.25, 0.3) is 0 Å². The second-order valence-electron chi connectivity index (χ2n) is 5.73. The predicted molar refractivity (Wildman–Crippen MR) is 96.9 cm³/mol. The van der Waals surface area contributed by atoms with Gasteiger partial charge in [0.15, 0.2) is 11.5 Å². The van der Waals surface area contributed by atoms with Crippen molar-refractivity contribution in [3.63, 3.8) is 0 Å². The van der Waals surface area contributed by atoms with Crippen molar-refractivity contribution in [2.75, 3.05) is 12.8 Å². The van der Waals surface area contributed by atoms with E-state index in [4.69, 9.17) is 15.2 Å². The summed E-state index contributed by atoms with van der Waals surface area (Å²) < 4.78 is 13.1. The maximum absolute atomic E-state index is 9.44. The third-order valence-corrected chi connectivity index (χ3v) is 3.93. The molecule has 3 rings (SSSR count). The van der Waals surface area contributed by atoms with Gasteiger partial charge in [-0.05, 0) is 24.6 Å². The summed E-state index contributed by atoms with van der Waals surface area (Å²) in [6.07, 6.45) is 0. The molecule has 0 fully saturated rings. The largest absolute Gasteiger partial charge is 0.493 e. The van der Waals surface area contributed by atoms with Gasteiger partial charge in [-0.25, -0.2) is 0 Å². The van der Waals surface area contributed by atoms with Crippen molar-refractivity contribution in [2.45, 2.75) is 13.5 Å². The fourth-order valence-electron chi connectivity index (χ4n) is 2.60. The molecule has 0 aliphatic carbocycles. The molecule has 0 amide bonds. The summed E-state index contributed by atoms with van der Waals surface area (Å²) in [7, 11) is 1.58. The number of methoxy groups -OCH3 is 1. The van der Waals surface area contributed by atoms with Gasteiger partial charge in [-0.15, -0.1) is 0 Å². The van der Waals surface area contributed by atoms with E-state index in [1.165, 1.54) is 5.56 Å². The van der Waals surface area contributed by atoms with Gasteiger partial charge in [0.05, 0.1) is 19.3 Å². The van der Waals surface area contributed by atoms with E-state index >= 15 is 0 Å². The van der Waals surface area contributed by atoms with Crippen LogP contribution in [0.15, 0.2) is 54.6 Å². The Morgan fingerprint density at radius 2 is 1.76 bits per heavy atom. The maximum Gasteiger partial charge on any atom is 0.224 e. The molecule has 0 aliphatic rings. The molecule has 5 nitrogen and oxygen atoms in total. The van der Waals surface area contributed by atoms with Crippen LogP contribution in [0.4, 0.5) is 5.69 Å². The molecule has 0 radical (unpaired) electrons. The summed E-state index contributed by atoms with van der Waals surface area (Å²) in [5.41, 5.74) is 9.20. The van der Waals surface area contributed by atoms with Crippen molar-refractivity contribution in [1.82, 2.24) is 4.57 Å². The molecule has 0 spiro atoms. The highest BCUT2D eigenvalue weighted by Crippen LogP contribution is 2.36. The van der Waals surface area contributed by atoms with Crippen LogP contribution in [-0.2, 0) is 6.54 Å². The van der Waals surface area contributed by atoms with Crippen molar-refractivity contribution >= 4 is 5.69 Å². The van der Waals surface area contributed by atoms with E-state index in [2.05, 4.69) is 6.07 Å². The molecule has 0 saturated heterocycles. The van der Waals surface area contributed by atoms with Gasteiger partial charge >= 0.3 is 0 Å². The van der Waals surface area contributed by atoms with Crippen LogP contribution in [0.5, 0.6) is 17.4 Å². The summed E-state index contributed by atoms with van der Waals surface area (Å²) in [5, 5.41) is 9.44. The van der Waals surface area contributed by atoms with E-state index in [9.17, 15) is 5.26 Å². The lowest BCUT2D eigenvalue weighted by Gasteiger charge is -2.14. The fraction of sp³-hybridized carbons (Fsp3) is 0.150. The number of benzene rings is 2. The van der Waals surface area contributed by atoms with Crippen LogP contribution in [0, 0.1) is 18.3 Å². The molecule has 0 saturated carbocycles. The van der Waals surface area contributed by atoms with Gasteiger partial charge in [-0.3, -0.25) is 4.57 Å². The van der Waals surface area contributed by atoms with E-state index in [-0.39, 0.29) is 0 Å². The van der Waals surface area contributed by atoms with Gasteiger partial charge in [0, 0.05) is 6.07 Å². The Labute approximate surface area is 146 Å². The maximum atomic E-state index is 9.44. The van der Waals surface area contributed by atoms with Gasteiger partial charge in [-0.2, -0.15) is 5.26 Å². The Bertz CT molecular complexity index is 921. The van der Waals surface area contributed by atoms with Crippen molar-refractivity contribution in [2.24, 2.45) is 0 Å². The van der Waals surface area contributed by atoms with Gasteiger partial charge < -0.3 is 15.2 Å². The topological polar surface area (TPSA) is 73.2 Å². The first-order valence-corrected chi connectivity index (χ1v) is 7.88. The fourth-order valence-corrected chi connectivity index (χ4v) is 2.60. The monoisotopic (exact) mass is 333 g/mol. The number of anilines is 1. The van der Waals surface area contributed by atoms with Crippen LogP contribution in [-0.4, -0.2) is 11.7 Å². The Balaban J connectivity index is 2.00. The van der Waals surface area contributed by atoms with Crippen LogP contribution >= 0.6 is 0 Å². The molecular weight excluding hydrogens is 314 g/mol.